The molecule has 3 aliphatic carbocycles. The van der Waals surface area contributed by atoms with Gasteiger partial charge in [-0.3, -0.25) is 0 Å². The molecule has 0 saturated heterocycles. The molecule has 0 atom stereocenters. The number of hydrogen-bond acceptors (Lipinski definition) is 0. The standard InChI is InChI=1S/3C5H9.C4H9.Sn/c3*1-2-4-5-3-1;1-3-4-2;/h3*1H,2-5H2;1,3-4H2,2H3;. The molecule has 116 valence electrons. The molecule has 0 N–H and O–H groups in total. The topological polar surface area (TPSA) is 0 Å². The van der Waals surface area contributed by atoms with Crippen LogP contribution in [-0.2, 0) is 0 Å². The SMILES string of the molecule is CCC[CH2][Sn]([CH]1CCCC1)([CH]1CCCC1)[CH]1CCCC1. The molecule has 0 aromatic carbocycles. The van der Waals surface area contributed by atoms with Crippen molar-refractivity contribution in [3.63, 3.8) is 0 Å². The zero-order valence-corrected chi connectivity index (χ0v) is 16.7. The van der Waals surface area contributed by atoms with Gasteiger partial charge in [-0.25, -0.2) is 0 Å². The Balaban J connectivity index is 1.87. The summed E-state index contributed by atoms with van der Waals surface area (Å²) in [5.74, 6) is 0. The molecule has 3 rings (SSSR count). The fraction of sp³-hybridized carbons (Fsp3) is 1.00. The average molecular weight is 383 g/mol. The Hall–Kier alpha value is 0.799. The molecule has 0 heterocycles. The second-order valence-corrected chi connectivity index (χ2v) is 22.9. The van der Waals surface area contributed by atoms with Gasteiger partial charge in [0.1, 0.15) is 0 Å². The van der Waals surface area contributed by atoms with Crippen LogP contribution in [0.2, 0.25) is 16.2 Å². The molecule has 0 amide bonds. The fourth-order valence-corrected chi connectivity index (χ4v) is 31.1. The number of hydrogen-bond donors (Lipinski definition) is 0. The van der Waals surface area contributed by atoms with Crippen LogP contribution < -0.4 is 0 Å². The first-order valence-electron chi connectivity index (χ1n) is 9.88. The molecule has 0 spiro atoms. The van der Waals surface area contributed by atoms with Crippen LogP contribution in [0.5, 0.6) is 0 Å². The number of rotatable bonds is 6. The van der Waals surface area contributed by atoms with Crippen molar-refractivity contribution in [2.75, 3.05) is 0 Å². The van der Waals surface area contributed by atoms with Gasteiger partial charge in [-0.15, -0.1) is 0 Å². The molecule has 0 aromatic rings. The zero-order valence-electron chi connectivity index (χ0n) is 13.8. The summed E-state index contributed by atoms with van der Waals surface area (Å²) in [6, 6.07) is 0. The van der Waals surface area contributed by atoms with Crippen molar-refractivity contribution in [3.05, 3.63) is 0 Å². The average Bonchev–Trinajstić information content (AvgIpc) is 3.23. The molecule has 0 aliphatic heterocycles. The molecule has 1 heteroatoms. The van der Waals surface area contributed by atoms with Crippen molar-refractivity contribution < 1.29 is 0 Å². The van der Waals surface area contributed by atoms with Crippen molar-refractivity contribution in [2.45, 2.75) is 113 Å². The second-order valence-electron chi connectivity index (χ2n) is 8.16. The van der Waals surface area contributed by atoms with Crippen molar-refractivity contribution in [2.24, 2.45) is 0 Å². The molecule has 0 aromatic heterocycles. The van der Waals surface area contributed by atoms with Crippen LogP contribution in [0.1, 0.15) is 96.8 Å². The van der Waals surface area contributed by atoms with Gasteiger partial charge in [-0.1, -0.05) is 0 Å². The van der Waals surface area contributed by atoms with E-state index in [0.29, 0.717) is 0 Å². The van der Waals surface area contributed by atoms with Crippen LogP contribution in [0.25, 0.3) is 0 Å². The molecule has 0 bridgehead atoms. The Morgan fingerprint density at radius 3 is 1.30 bits per heavy atom. The van der Waals surface area contributed by atoms with Crippen molar-refractivity contribution in [3.8, 4) is 0 Å². The Morgan fingerprint density at radius 1 is 0.650 bits per heavy atom. The molecule has 0 nitrogen and oxygen atoms in total. The summed E-state index contributed by atoms with van der Waals surface area (Å²) in [6.07, 6.45) is 22.7. The van der Waals surface area contributed by atoms with Gasteiger partial charge in [0.2, 0.25) is 0 Å². The summed E-state index contributed by atoms with van der Waals surface area (Å²) in [7, 11) is 0. The predicted octanol–water partition coefficient (Wildman–Crippen LogP) is 7.07. The van der Waals surface area contributed by atoms with Gasteiger partial charge in [0.15, 0.2) is 0 Å². The van der Waals surface area contributed by atoms with Gasteiger partial charge in [0.25, 0.3) is 0 Å². The summed E-state index contributed by atoms with van der Waals surface area (Å²) < 4.78 is 5.76. The summed E-state index contributed by atoms with van der Waals surface area (Å²) in [6.45, 7) is 2.44. The first-order valence-corrected chi connectivity index (χ1v) is 16.8. The first-order chi connectivity index (χ1) is 9.88. The summed E-state index contributed by atoms with van der Waals surface area (Å²) >= 11 is -1.94. The van der Waals surface area contributed by atoms with E-state index in [1.54, 1.807) is 87.9 Å². The molecule has 3 fully saturated rings. The Labute approximate surface area is 131 Å². The third kappa shape index (κ3) is 2.97. The molecule has 20 heavy (non-hydrogen) atoms. The molecule has 0 radical (unpaired) electrons. The quantitative estimate of drug-likeness (QED) is 0.431. The van der Waals surface area contributed by atoms with Crippen LogP contribution in [0.15, 0.2) is 0 Å². The normalized spacial score (nSPS) is 26.9. The minimum absolute atomic E-state index is 1.32. The van der Waals surface area contributed by atoms with E-state index in [2.05, 4.69) is 6.92 Å². The van der Waals surface area contributed by atoms with E-state index in [-0.39, 0.29) is 0 Å². The van der Waals surface area contributed by atoms with Gasteiger partial charge >= 0.3 is 131 Å². The van der Waals surface area contributed by atoms with Crippen molar-refractivity contribution in [1.29, 1.82) is 0 Å². The van der Waals surface area contributed by atoms with E-state index < -0.39 is 18.4 Å². The van der Waals surface area contributed by atoms with Crippen LogP contribution in [0.3, 0.4) is 0 Å². The second kappa shape index (κ2) is 7.38. The van der Waals surface area contributed by atoms with Gasteiger partial charge < -0.3 is 0 Å². The van der Waals surface area contributed by atoms with E-state index in [1.807, 2.05) is 0 Å². The maximum absolute atomic E-state index is 2.44. The zero-order chi connectivity index (χ0) is 13.8. The van der Waals surface area contributed by atoms with Gasteiger partial charge in [0, 0.05) is 0 Å². The Morgan fingerprint density at radius 2 is 1.00 bits per heavy atom. The molecular formula is C19H36Sn. The molecular weight excluding hydrogens is 347 g/mol. The molecule has 0 unspecified atom stereocenters. The summed E-state index contributed by atoms with van der Waals surface area (Å²) in [5.41, 5.74) is 0. The molecule has 3 aliphatic rings. The van der Waals surface area contributed by atoms with Crippen LogP contribution >= 0.6 is 0 Å². The Bertz CT molecular complexity index is 239. The van der Waals surface area contributed by atoms with Crippen molar-refractivity contribution >= 4 is 18.4 Å². The third-order valence-electron chi connectivity index (χ3n) is 7.31. The van der Waals surface area contributed by atoms with E-state index in [1.165, 1.54) is 18.2 Å². The van der Waals surface area contributed by atoms with Gasteiger partial charge in [0.05, 0.1) is 0 Å². The molecule has 3 saturated carbocycles. The maximum atomic E-state index is 2.44. The van der Waals surface area contributed by atoms with Crippen LogP contribution in [-0.4, -0.2) is 18.4 Å². The fourth-order valence-electron chi connectivity index (χ4n) is 6.49. The van der Waals surface area contributed by atoms with E-state index >= 15 is 0 Å². The summed E-state index contributed by atoms with van der Waals surface area (Å²) in [5, 5.41) is 0. The van der Waals surface area contributed by atoms with E-state index in [0.717, 1.165) is 0 Å². The van der Waals surface area contributed by atoms with E-state index in [4.69, 9.17) is 0 Å². The van der Waals surface area contributed by atoms with Crippen LogP contribution in [0.4, 0.5) is 0 Å². The first kappa shape index (κ1) is 15.7. The third-order valence-corrected chi connectivity index (χ3v) is 28.7. The summed E-state index contributed by atoms with van der Waals surface area (Å²) in [4.78, 5) is 0. The van der Waals surface area contributed by atoms with Gasteiger partial charge in [-0.05, 0) is 0 Å². The Kier molecular flexibility index (Phi) is 5.78. The van der Waals surface area contributed by atoms with Crippen molar-refractivity contribution in [1.82, 2.24) is 0 Å². The predicted molar refractivity (Wildman–Crippen MR) is 92.1 cm³/mol. The monoisotopic (exact) mass is 384 g/mol. The number of unbranched alkanes of at least 4 members (excludes halogenated alkanes) is 1. The van der Waals surface area contributed by atoms with Crippen LogP contribution in [0, 0.1) is 0 Å². The van der Waals surface area contributed by atoms with Gasteiger partial charge in [-0.2, -0.15) is 0 Å². The van der Waals surface area contributed by atoms with E-state index in [9.17, 15) is 0 Å². The minimum atomic E-state index is -1.94.